The number of hydrogen-bond acceptors (Lipinski definition) is 5. The van der Waals surface area contributed by atoms with Gasteiger partial charge in [-0.15, -0.1) is 5.10 Å². The Labute approximate surface area is 134 Å². The van der Waals surface area contributed by atoms with Crippen LogP contribution in [0.15, 0.2) is 48.5 Å². The quantitative estimate of drug-likeness (QED) is 0.565. The van der Waals surface area contributed by atoms with E-state index in [1.807, 2.05) is 0 Å². The van der Waals surface area contributed by atoms with Gasteiger partial charge in [0.2, 0.25) is 5.95 Å². The number of nitrogens with one attached hydrogen (secondary N) is 2. The number of rotatable bonds is 4. The first kappa shape index (κ1) is 15.3. The number of nitrogens with zero attached hydrogens (tertiary/aromatic N) is 3. The average molecular weight is 327 g/mol. The van der Waals surface area contributed by atoms with E-state index in [-0.39, 0.29) is 23.0 Å². The van der Waals surface area contributed by atoms with Crippen molar-refractivity contribution in [3.05, 3.63) is 70.0 Å². The Morgan fingerprint density at radius 3 is 2.42 bits per heavy atom. The van der Waals surface area contributed by atoms with Crippen molar-refractivity contribution in [2.45, 2.75) is 0 Å². The summed E-state index contributed by atoms with van der Waals surface area (Å²) in [7, 11) is 0. The van der Waals surface area contributed by atoms with Crippen molar-refractivity contribution in [1.29, 1.82) is 0 Å². The molecule has 0 bridgehead atoms. The molecule has 3 aromatic rings. The van der Waals surface area contributed by atoms with Crippen molar-refractivity contribution in [2.75, 3.05) is 5.32 Å². The molecule has 0 aliphatic heterocycles. The largest absolute Gasteiger partial charge is 0.289 e. The molecule has 0 unspecified atom stereocenters. The van der Waals surface area contributed by atoms with Crippen molar-refractivity contribution in [1.82, 2.24) is 15.2 Å². The molecule has 3 rings (SSSR count). The van der Waals surface area contributed by atoms with Crippen molar-refractivity contribution < 1.29 is 14.1 Å². The van der Waals surface area contributed by atoms with Crippen molar-refractivity contribution in [3.63, 3.8) is 0 Å². The summed E-state index contributed by atoms with van der Waals surface area (Å²) in [6, 6.07) is 10.8. The molecule has 0 aliphatic carbocycles. The normalized spacial score (nSPS) is 10.4. The predicted octanol–water partition coefficient (Wildman–Crippen LogP) is 2.77. The molecular formula is C15H10FN5O3. The first-order valence-electron chi connectivity index (χ1n) is 6.77. The van der Waals surface area contributed by atoms with E-state index in [0.717, 1.165) is 0 Å². The molecule has 0 radical (unpaired) electrons. The summed E-state index contributed by atoms with van der Waals surface area (Å²) in [6.45, 7) is 0. The van der Waals surface area contributed by atoms with E-state index in [9.17, 15) is 19.3 Å². The molecule has 0 aliphatic rings. The van der Waals surface area contributed by atoms with E-state index < -0.39 is 10.8 Å². The SMILES string of the molecule is O=C(Nc1n[nH]c(-c2ccc(F)cc2)n1)c1ccc([N+](=O)[O-])cc1. The number of aromatic amines is 1. The molecule has 0 saturated heterocycles. The zero-order chi connectivity index (χ0) is 17.1. The van der Waals surface area contributed by atoms with Gasteiger partial charge in [-0.2, -0.15) is 4.98 Å². The third kappa shape index (κ3) is 3.24. The summed E-state index contributed by atoms with van der Waals surface area (Å²) >= 11 is 0. The van der Waals surface area contributed by atoms with Gasteiger partial charge in [0, 0.05) is 23.3 Å². The number of anilines is 1. The van der Waals surface area contributed by atoms with Crippen LogP contribution in [0.3, 0.4) is 0 Å². The predicted molar refractivity (Wildman–Crippen MR) is 82.8 cm³/mol. The minimum atomic E-state index is -0.550. The fourth-order valence-electron chi connectivity index (χ4n) is 1.96. The second-order valence-corrected chi connectivity index (χ2v) is 4.77. The highest BCUT2D eigenvalue weighted by atomic mass is 19.1. The zero-order valence-electron chi connectivity index (χ0n) is 12.1. The minimum absolute atomic E-state index is 0.0395. The van der Waals surface area contributed by atoms with E-state index in [2.05, 4.69) is 20.5 Å². The topological polar surface area (TPSA) is 114 Å². The van der Waals surface area contributed by atoms with E-state index in [1.54, 1.807) is 0 Å². The highest BCUT2D eigenvalue weighted by molar-refractivity contribution is 6.03. The van der Waals surface area contributed by atoms with Crippen molar-refractivity contribution in [3.8, 4) is 11.4 Å². The van der Waals surface area contributed by atoms with Gasteiger partial charge in [-0.25, -0.2) is 4.39 Å². The second-order valence-electron chi connectivity index (χ2n) is 4.77. The van der Waals surface area contributed by atoms with Crippen molar-refractivity contribution in [2.24, 2.45) is 0 Å². The number of amides is 1. The Bertz CT molecular complexity index is 890. The Morgan fingerprint density at radius 1 is 1.12 bits per heavy atom. The van der Waals surface area contributed by atoms with Crippen molar-refractivity contribution >= 4 is 17.5 Å². The molecule has 1 aromatic heterocycles. The number of nitro benzene ring substituents is 1. The van der Waals surface area contributed by atoms with Gasteiger partial charge in [0.15, 0.2) is 5.82 Å². The van der Waals surface area contributed by atoms with Crippen LogP contribution in [0.25, 0.3) is 11.4 Å². The van der Waals surface area contributed by atoms with Gasteiger partial charge in [-0.1, -0.05) is 0 Å². The van der Waals surface area contributed by atoms with Crippen LogP contribution in [-0.2, 0) is 0 Å². The van der Waals surface area contributed by atoms with Crippen LogP contribution >= 0.6 is 0 Å². The maximum Gasteiger partial charge on any atom is 0.269 e. The lowest BCUT2D eigenvalue weighted by atomic mass is 10.2. The maximum absolute atomic E-state index is 12.9. The van der Waals surface area contributed by atoms with E-state index in [1.165, 1.54) is 48.5 Å². The van der Waals surface area contributed by atoms with E-state index in [4.69, 9.17) is 0 Å². The third-order valence-corrected chi connectivity index (χ3v) is 3.17. The summed E-state index contributed by atoms with van der Waals surface area (Å²) in [6.07, 6.45) is 0. The average Bonchev–Trinajstić information content (AvgIpc) is 3.04. The number of benzene rings is 2. The number of nitro groups is 1. The molecule has 1 heterocycles. The number of halogens is 1. The van der Waals surface area contributed by atoms with Gasteiger partial charge in [0.05, 0.1) is 4.92 Å². The monoisotopic (exact) mass is 327 g/mol. The Kier molecular flexibility index (Phi) is 3.98. The first-order valence-corrected chi connectivity index (χ1v) is 6.77. The number of non-ortho nitro benzene ring substituents is 1. The Morgan fingerprint density at radius 2 is 1.79 bits per heavy atom. The van der Waals surface area contributed by atoms with Crippen LogP contribution in [0, 0.1) is 15.9 Å². The molecule has 8 nitrogen and oxygen atoms in total. The Balaban J connectivity index is 1.73. The van der Waals surface area contributed by atoms with Gasteiger partial charge < -0.3 is 0 Å². The second kappa shape index (κ2) is 6.24. The summed E-state index contributed by atoms with van der Waals surface area (Å²) in [5.74, 6) is -0.466. The summed E-state index contributed by atoms with van der Waals surface area (Å²) in [5.41, 5.74) is 0.733. The molecule has 0 spiro atoms. The highest BCUT2D eigenvalue weighted by Gasteiger charge is 2.12. The van der Waals surface area contributed by atoms with Gasteiger partial charge in [-0.3, -0.25) is 25.3 Å². The van der Waals surface area contributed by atoms with Gasteiger partial charge in [0.25, 0.3) is 11.6 Å². The van der Waals surface area contributed by atoms with Gasteiger partial charge >= 0.3 is 0 Å². The number of H-pyrrole nitrogens is 1. The number of carbonyl (C=O) groups excluding carboxylic acids is 1. The van der Waals surface area contributed by atoms with Crippen LogP contribution in [0.4, 0.5) is 16.0 Å². The molecule has 1 amide bonds. The lowest BCUT2D eigenvalue weighted by Crippen LogP contribution is -2.12. The molecule has 2 N–H and O–H groups in total. The number of aromatic nitrogens is 3. The zero-order valence-corrected chi connectivity index (χ0v) is 12.1. The van der Waals surface area contributed by atoms with Gasteiger partial charge in [-0.05, 0) is 36.4 Å². The maximum atomic E-state index is 12.9. The number of carbonyl (C=O) groups is 1. The summed E-state index contributed by atoms with van der Waals surface area (Å²) in [4.78, 5) is 26.2. The fraction of sp³-hybridized carbons (Fsp3) is 0. The van der Waals surface area contributed by atoms with Crippen LogP contribution in [0.2, 0.25) is 0 Å². The summed E-state index contributed by atoms with van der Waals surface area (Å²) in [5, 5.41) is 19.6. The standard InChI is InChI=1S/C15H10FN5O3/c16-11-5-1-9(2-6-11)13-17-15(20-19-13)18-14(22)10-3-7-12(8-4-10)21(23)24/h1-8H,(H2,17,18,19,20,22). The molecule has 120 valence electrons. The molecule has 24 heavy (non-hydrogen) atoms. The molecule has 0 fully saturated rings. The molecule has 0 atom stereocenters. The third-order valence-electron chi connectivity index (χ3n) is 3.17. The van der Waals surface area contributed by atoms with Gasteiger partial charge in [0.1, 0.15) is 5.82 Å². The van der Waals surface area contributed by atoms with Crippen LogP contribution < -0.4 is 5.32 Å². The Hall–Kier alpha value is -3.62. The number of hydrogen-bond donors (Lipinski definition) is 2. The van der Waals surface area contributed by atoms with Crippen LogP contribution in [0.5, 0.6) is 0 Å². The molecule has 2 aromatic carbocycles. The smallest absolute Gasteiger partial charge is 0.269 e. The van der Waals surface area contributed by atoms with E-state index >= 15 is 0 Å². The molecule has 0 saturated carbocycles. The lowest BCUT2D eigenvalue weighted by Gasteiger charge is -2.00. The minimum Gasteiger partial charge on any atom is -0.289 e. The lowest BCUT2D eigenvalue weighted by molar-refractivity contribution is -0.384. The highest BCUT2D eigenvalue weighted by Crippen LogP contribution is 2.17. The van der Waals surface area contributed by atoms with Crippen LogP contribution in [0.1, 0.15) is 10.4 Å². The first-order chi connectivity index (χ1) is 11.5. The molecule has 9 heteroatoms. The van der Waals surface area contributed by atoms with E-state index in [0.29, 0.717) is 11.4 Å². The fourth-order valence-corrected chi connectivity index (χ4v) is 1.96. The molecular weight excluding hydrogens is 317 g/mol. The summed E-state index contributed by atoms with van der Waals surface area (Å²) < 4.78 is 12.9. The van der Waals surface area contributed by atoms with Crippen LogP contribution in [-0.4, -0.2) is 26.0 Å².